The maximum atomic E-state index is 11.1. The van der Waals surface area contributed by atoms with Gasteiger partial charge < -0.3 is 15.2 Å². The van der Waals surface area contributed by atoms with Crippen molar-refractivity contribution in [2.24, 2.45) is 0 Å². The second-order valence-corrected chi connectivity index (χ2v) is 4.54. The van der Waals surface area contributed by atoms with Crippen molar-refractivity contribution in [1.82, 2.24) is 4.98 Å². The van der Waals surface area contributed by atoms with Crippen molar-refractivity contribution in [3.8, 4) is 9.75 Å². The van der Waals surface area contributed by atoms with E-state index in [9.17, 15) is 4.79 Å². The fraction of sp³-hybridized carbons (Fsp3) is 0.125. The van der Waals surface area contributed by atoms with Gasteiger partial charge in [-0.05, 0) is 11.4 Å². The minimum Gasteiger partial charge on any atom is -0.363 e. The molecule has 2 rings (SSSR count). The van der Waals surface area contributed by atoms with Crippen molar-refractivity contribution in [3.63, 3.8) is 0 Å². The first-order chi connectivity index (χ1) is 6.68. The van der Waals surface area contributed by atoms with Crippen LogP contribution in [0.5, 0.6) is 0 Å². The number of H-pyrrole nitrogens is 1. The normalized spacial score (nSPS) is 11.1. The Kier molecular flexibility index (Phi) is 2.51. The lowest BCUT2D eigenvalue weighted by atomic mass is 10.3. The molecule has 0 amide bonds. The number of nitrogens with one attached hydrogen (secondary N) is 1. The highest BCUT2D eigenvalue weighted by Gasteiger charge is 2.15. The van der Waals surface area contributed by atoms with Gasteiger partial charge in [0.05, 0.1) is 10.6 Å². The van der Waals surface area contributed by atoms with E-state index in [-0.39, 0.29) is 10.6 Å². The number of aromatic amines is 1. The molecule has 0 radical (unpaired) electrons. The maximum Gasteiger partial charge on any atom is 0.305 e. The Morgan fingerprint density at radius 2 is 2.21 bits per heavy atom. The van der Waals surface area contributed by atoms with Crippen LogP contribution in [0.25, 0.3) is 9.75 Å². The van der Waals surface area contributed by atoms with Crippen LogP contribution in [0.15, 0.2) is 22.3 Å². The number of hydrogen-bond acceptors (Lipinski definition) is 5. The van der Waals surface area contributed by atoms with E-state index >= 15 is 0 Å². The third kappa shape index (κ3) is 1.64. The number of aliphatic hydroxyl groups excluding tert-OH is 1. The molecule has 0 fully saturated rings. The van der Waals surface area contributed by atoms with Gasteiger partial charge in [0.15, 0.2) is 6.29 Å². The molecule has 0 atom stereocenters. The van der Waals surface area contributed by atoms with E-state index in [4.69, 9.17) is 10.2 Å². The van der Waals surface area contributed by atoms with Crippen LogP contribution in [0.2, 0.25) is 0 Å². The van der Waals surface area contributed by atoms with Crippen LogP contribution in [-0.4, -0.2) is 15.2 Å². The van der Waals surface area contributed by atoms with Crippen molar-refractivity contribution in [2.75, 3.05) is 0 Å². The lowest BCUT2D eigenvalue weighted by molar-refractivity contribution is -0.0450. The molecule has 4 nitrogen and oxygen atoms in total. The minimum atomic E-state index is -1.63. The van der Waals surface area contributed by atoms with Crippen LogP contribution in [0.1, 0.15) is 12.0 Å². The summed E-state index contributed by atoms with van der Waals surface area (Å²) in [6, 6.07) is 3.67. The molecule has 0 saturated carbocycles. The van der Waals surface area contributed by atoms with Crippen molar-refractivity contribution in [2.45, 2.75) is 6.29 Å². The summed E-state index contributed by atoms with van der Waals surface area (Å²) in [6.07, 6.45) is -1.63. The number of aliphatic hydroxyl groups is 2. The molecule has 3 N–H and O–H groups in total. The molecule has 14 heavy (non-hydrogen) atoms. The van der Waals surface area contributed by atoms with E-state index in [1.165, 1.54) is 11.3 Å². The molecule has 0 aliphatic heterocycles. The quantitative estimate of drug-likeness (QED) is 0.676. The van der Waals surface area contributed by atoms with Crippen LogP contribution < -0.4 is 4.87 Å². The zero-order chi connectivity index (χ0) is 10.1. The zero-order valence-corrected chi connectivity index (χ0v) is 8.56. The summed E-state index contributed by atoms with van der Waals surface area (Å²) in [5, 5.41) is 19.9. The molecule has 6 heteroatoms. The fourth-order valence-electron chi connectivity index (χ4n) is 1.11. The molecule has 0 bridgehead atoms. The molecule has 2 aromatic rings. The Morgan fingerprint density at radius 3 is 2.79 bits per heavy atom. The van der Waals surface area contributed by atoms with Crippen LogP contribution in [0, 0.1) is 0 Å². The van der Waals surface area contributed by atoms with Gasteiger partial charge in [0, 0.05) is 4.88 Å². The first-order valence-corrected chi connectivity index (χ1v) is 5.51. The first-order valence-electron chi connectivity index (χ1n) is 3.81. The lowest BCUT2D eigenvalue weighted by Gasteiger charge is -2.01. The maximum absolute atomic E-state index is 11.1. The second-order valence-electron chi connectivity index (χ2n) is 2.61. The third-order valence-electron chi connectivity index (χ3n) is 1.68. The summed E-state index contributed by atoms with van der Waals surface area (Å²) in [7, 11) is 0. The van der Waals surface area contributed by atoms with E-state index in [1.807, 2.05) is 17.5 Å². The van der Waals surface area contributed by atoms with Gasteiger partial charge in [0.1, 0.15) is 0 Å². The molecule has 0 aromatic carbocycles. The number of thiophene rings is 1. The van der Waals surface area contributed by atoms with E-state index in [0.29, 0.717) is 4.88 Å². The average molecular weight is 229 g/mol. The first kappa shape index (κ1) is 9.60. The van der Waals surface area contributed by atoms with Gasteiger partial charge >= 0.3 is 4.87 Å². The van der Waals surface area contributed by atoms with Crippen LogP contribution >= 0.6 is 22.7 Å². The largest absolute Gasteiger partial charge is 0.363 e. The third-order valence-corrected chi connectivity index (χ3v) is 3.63. The summed E-state index contributed by atoms with van der Waals surface area (Å²) >= 11 is 2.43. The monoisotopic (exact) mass is 229 g/mol. The van der Waals surface area contributed by atoms with Gasteiger partial charge in [0.25, 0.3) is 0 Å². The second kappa shape index (κ2) is 3.66. The Morgan fingerprint density at radius 1 is 1.43 bits per heavy atom. The van der Waals surface area contributed by atoms with Crippen molar-refractivity contribution < 1.29 is 10.2 Å². The van der Waals surface area contributed by atoms with Gasteiger partial charge in [-0.25, -0.2) is 0 Å². The van der Waals surface area contributed by atoms with E-state index in [2.05, 4.69) is 4.98 Å². The summed E-state index contributed by atoms with van der Waals surface area (Å²) < 4.78 is 0. The smallest absolute Gasteiger partial charge is 0.305 e. The number of rotatable bonds is 2. The molecular weight excluding hydrogens is 222 g/mol. The average Bonchev–Trinajstić information content (AvgIpc) is 2.70. The fourth-order valence-corrected chi connectivity index (χ4v) is 2.84. The molecule has 2 heterocycles. The highest BCUT2D eigenvalue weighted by atomic mass is 32.1. The highest BCUT2D eigenvalue weighted by molar-refractivity contribution is 7.20. The summed E-state index contributed by atoms with van der Waals surface area (Å²) in [6.45, 7) is 0. The van der Waals surface area contributed by atoms with E-state index in [0.717, 1.165) is 16.2 Å². The predicted octanol–water partition coefficient (Wildman–Crippen LogP) is 1.15. The lowest BCUT2D eigenvalue weighted by Crippen LogP contribution is -2.01. The Labute approximate surface area is 87.1 Å². The molecule has 74 valence electrons. The molecule has 0 aliphatic rings. The molecule has 0 unspecified atom stereocenters. The van der Waals surface area contributed by atoms with Gasteiger partial charge in [-0.15, -0.1) is 11.3 Å². The van der Waals surface area contributed by atoms with E-state index in [1.54, 1.807) is 0 Å². The van der Waals surface area contributed by atoms with Crippen molar-refractivity contribution in [3.05, 3.63) is 32.9 Å². The molecule has 0 saturated heterocycles. The molecule has 2 aromatic heterocycles. The van der Waals surface area contributed by atoms with Crippen LogP contribution in [-0.2, 0) is 0 Å². The SMILES string of the molecule is O=c1[nH]c(C(O)O)c(-c2cccs2)s1. The van der Waals surface area contributed by atoms with Gasteiger partial charge in [-0.3, -0.25) is 4.79 Å². The number of thiazole rings is 1. The molecule has 0 aliphatic carbocycles. The van der Waals surface area contributed by atoms with Gasteiger partial charge in [-0.2, -0.15) is 0 Å². The van der Waals surface area contributed by atoms with Gasteiger partial charge in [-0.1, -0.05) is 17.4 Å². The summed E-state index contributed by atoms with van der Waals surface area (Å²) in [5.41, 5.74) is 0.169. The van der Waals surface area contributed by atoms with Gasteiger partial charge in [0.2, 0.25) is 0 Å². The topological polar surface area (TPSA) is 73.3 Å². The number of hydrogen-bond donors (Lipinski definition) is 3. The Bertz CT molecular complexity index is 469. The van der Waals surface area contributed by atoms with Crippen molar-refractivity contribution in [1.29, 1.82) is 0 Å². The van der Waals surface area contributed by atoms with E-state index < -0.39 is 6.29 Å². The summed E-state index contributed by atoms with van der Waals surface area (Å²) in [4.78, 5) is 14.6. The Balaban J connectivity index is 2.58. The predicted molar refractivity (Wildman–Crippen MR) is 55.4 cm³/mol. The number of aromatic nitrogens is 1. The Hall–Kier alpha value is -0.950. The minimum absolute atomic E-state index is 0.169. The summed E-state index contributed by atoms with van der Waals surface area (Å²) in [5.74, 6) is 0. The zero-order valence-electron chi connectivity index (χ0n) is 6.93. The van der Waals surface area contributed by atoms with Crippen LogP contribution in [0.3, 0.4) is 0 Å². The molecular formula is C8H7NO3S2. The standard InChI is InChI=1S/C8H7NO3S2/c10-7(11)5-6(14-8(12)9-5)4-2-1-3-13-4/h1-3,7,10-11H,(H,9,12). The molecule has 0 spiro atoms. The van der Waals surface area contributed by atoms with Crippen LogP contribution in [0.4, 0.5) is 0 Å². The van der Waals surface area contributed by atoms with Crippen molar-refractivity contribution >= 4 is 22.7 Å². The highest BCUT2D eigenvalue weighted by Crippen LogP contribution is 2.31.